The van der Waals surface area contributed by atoms with Gasteiger partial charge in [-0.1, -0.05) is 20.8 Å². The van der Waals surface area contributed by atoms with Crippen molar-refractivity contribution in [3.63, 3.8) is 0 Å². The molecule has 1 fully saturated rings. The van der Waals surface area contributed by atoms with Gasteiger partial charge in [0.15, 0.2) is 0 Å². The summed E-state index contributed by atoms with van der Waals surface area (Å²) < 4.78 is 5.86. The second-order valence-corrected chi connectivity index (χ2v) is 8.22. The van der Waals surface area contributed by atoms with Crippen LogP contribution < -0.4 is 5.32 Å². The van der Waals surface area contributed by atoms with Gasteiger partial charge in [-0.05, 0) is 33.6 Å². The summed E-state index contributed by atoms with van der Waals surface area (Å²) in [7, 11) is 0. The highest BCUT2D eigenvalue weighted by molar-refractivity contribution is 7.11. The molecule has 0 bridgehead atoms. The molecule has 1 aliphatic carbocycles. The van der Waals surface area contributed by atoms with Crippen LogP contribution in [0.15, 0.2) is 0 Å². The van der Waals surface area contributed by atoms with E-state index < -0.39 is 0 Å². The molecule has 0 aliphatic heterocycles. The van der Waals surface area contributed by atoms with Crippen LogP contribution in [0.2, 0.25) is 0 Å². The molecule has 1 aliphatic rings. The van der Waals surface area contributed by atoms with Gasteiger partial charge in [-0.15, -0.1) is 11.3 Å². The maximum atomic E-state index is 5.86. The summed E-state index contributed by atoms with van der Waals surface area (Å²) in [5.41, 5.74) is 1.01. The average molecular weight is 296 g/mol. The summed E-state index contributed by atoms with van der Waals surface area (Å²) in [5, 5.41) is 4.71. The number of nitrogens with one attached hydrogen (secondary N) is 1. The van der Waals surface area contributed by atoms with Crippen molar-refractivity contribution >= 4 is 11.3 Å². The van der Waals surface area contributed by atoms with Gasteiger partial charge >= 0.3 is 0 Å². The fraction of sp³-hybridized carbons (Fsp3) is 0.812. The molecule has 1 aromatic heterocycles. The molecule has 4 heteroatoms. The maximum absolute atomic E-state index is 5.86. The monoisotopic (exact) mass is 296 g/mol. The molecule has 2 rings (SSSR count). The van der Waals surface area contributed by atoms with Gasteiger partial charge in [0.1, 0.15) is 10.6 Å². The van der Waals surface area contributed by atoms with E-state index >= 15 is 0 Å². The lowest BCUT2D eigenvalue weighted by Gasteiger charge is -2.22. The molecule has 114 valence electrons. The Morgan fingerprint density at radius 1 is 1.25 bits per heavy atom. The van der Waals surface area contributed by atoms with Crippen LogP contribution in [-0.4, -0.2) is 17.6 Å². The van der Waals surface area contributed by atoms with Crippen molar-refractivity contribution in [3.05, 3.63) is 15.6 Å². The van der Waals surface area contributed by atoms with Crippen LogP contribution in [0, 0.1) is 0 Å². The zero-order chi connectivity index (χ0) is 15.0. The van der Waals surface area contributed by atoms with Crippen LogP contribution in [0.4, 0.5) is 0 Å². The average Bonchev–Trinajstić information content (AvgIpc) is 3.02. The highest BCUT2D eigenvalue weighted by Gasteiger charge is 2.31. The lowest BCUT2D eigenvalue weighted by Crippen LogP contribution is -2.22. The Bertz CT molecular complexity index is 456. The lowest BCUT2D eigenvalue weighted by molar-refractivity contribution is -0.0143. The van der Waals surface area contributed by atoms with E-state index in [0.29, 0.717) is 6.61 Å². The van der Waals surface area contributed by atoms with E-state index in [4.69, 9.17) is 9.72 Å². The van der Waals surface area contributed by atoms with E-state index in [9.17, 15) is 0 Å². The van der Waals surface area contributed by atoms with Gasteiger partial charge in [0, 0.05) is 29.5 Å². The fourth-order valence-corrected chi connectivity index (χ4v) is 3.54. The third-order valence-electron chi connectivity index (χ3n) is 3.56. The van der Waals surface area contributed by atoms with Gasteiger partial charge < -0.3 is 10.1 Å². The van der Waals surface area contributed by atoms with Gasteiger partial charge in [-0.2, -0.15) is 0 Å². The second kappa shape index (κ2) is 5.74. The summed E-state index contributed by atoms with van der Waals surface area (Å²) in [6, 6.07) is 0.730. The van der Waals surface area contributed by atoms with E-state index in [2.05, 4.69) is 39.9 Å². The number of thiazole rings is 1. The Kier molecular flexibility index (Phi) is 4.57. The number of ether oxygens (including phenoxy) is 1. The number of aromatic nitrogens is 1. The molecule has 0 spiro atoms. The van der Waals surface area contributed by atoms with Crippen LogP contribution in [0.3, 0.4) is 0 Å². The molecule has 1 N–H and O–H groups in total. The van der Waals surface area contributed by atoms with Crippen molar-refractivity contribution in [2.45, 2.75) is 78.0 Å². The van der Waals surface area contributed by atoms with Crippen molar-refractivity contribution in [2.75, 3.05) is 6.61 Å². The van der Waals surface area contributed by atoms with Crippen LogP contribution in [-0.2, 0) is 22.3 Å². The van der Waals surface area contributed by atoms with Crippen LogP contribution in [0.5, 0.6) is 0 Å². The minimum Gasteiger partial charge on any atom is -0.369 e. The minimum absolute atomic E-state index is 0.0810. The van der Waals surface area contributed by atoms with E-state index in [1.807, 2.05) is 6.92 Å². The SMILES string of the molecule is CCOC(C)(C)c1nc(C(C)(C)C)c(CNC2CC2)s1. The normalized spacial score (nSPS) is 16.7. The fourth-order valence-electron chi connectivity index (χ4n) is 2.26. The highest BCUT2D eigenvalue weighted by atomic mass is 32.1. The predicted molar refractivity (Wildman–Crippen MR) is 85.3 cm³/mol. The van der Waals surface area contributed by atoms with Crippen LogP contribution >= 0.6 is 11.3 Å². The molecule has 0 unspecified atom stereocenters. The summed E-state index contributed by atoms with van der Waals surface area (Å²) in [4.78, 5) is 6.29. The van der Waals surface area contributed by atoms with E-state index in [-0.39, 0.29) is 11.0 Å². The third-order valence-corrected chi connectivity index (χ3v) is 4.92. The highest BCUT2D eigenvalue weighted by Crippen LogP contribution is 2.36. The largest absolute Gasteiger partial charge is 0.369 e. The maximum Gasteiger partial charge on any atom is 0.125 e. The number of hydrogen-bond donors (Lipinski definition) is 1. The number of rotatable bonds is 6. The first-order valence-corrected chi connectivity index (χ1v) is 8.43. The molecule has 0 atom stereocenters. The minimum atomic E-state index is -0.294. The van der Waals surface area contributed by atoms with Crippen LogP contribution in [0.25, 0.3) is 0 Å². The van der Waals surface area contributed by atoms with Gasteiger partial charge in [0.05, 0.1) is 5.69 Å². The van der Waals surface area contributed by atoms with Crippen LogP contribution in [0.1, 0.15) is 70.0 Å². The molecule has 1 saturated carbocycles. The van der Waals surface area contributed by atoms with E-state index in [0.717, 1.165) is 17.6 Å². The molecule has 1 heterocycles. The number of nitrogens with zero attached hydrogens (tertiary/aromatic N) is 1. The van der Waals surface area contributed by atoms with E-state index in [1.54, 1.807) is 11.3 Å². The zero-order valence-electron chi connectivity index (χ0n) is 13.7. The lowest BCUT2D eigenvalue weighted by atomic mass is 9.91. The zero-order valence-corrected chi connectivity index (χ0v) is 14.5. The topological polar surface area (TPSA) is 34.1 Å². The quantitative estimate of drug-likeness (QED) is 0.862. The Morgan fingerprint density at radius 2 is 1.90 bits per heavy atom. The van der Waals surface area contributed by atoms with E-state index in [1.165, 1.54) is 23.4 Å². The Balaban J connectivity index is 2.25. The molecule has 0 saturated heterocycles. The molecule has 20 heavy (non-hydrogen) atoms. The summed E-state index contributed by atoms with van der Waals surface area (Å²) in [6.07, 6.45) is 2.64. The molecular weight excluding hydrogens is 268 g/mol. The Hall–Kier alpha value is -0.450. The van der Waals surface area contributed by atoms with Gasteiger partial charge in [-0.3, -0.25) is 0 Å². The molecule has 0 amide bonds. The van der Waals surface area contributed by atoms with Crippen molar-refractivity contribution in [2.24, 2.45) is 0 Å². The molecular formula is C16H28N2OS. The second-order valence-electron chi connectivity index (χ2n) is 7.14. The first kappa shape index (κ1) is 15.9. The van der Waals surface area contributed by atoms with Crippen molar-refractivity contribution in [3.8, 4) is 0 Å². The van der Waals surface area contributed by atoms with Crippen molar-refractivity contribution in [1.29, 1.82) is 0 Å². The standard InChI is InChI=1S/C16H28N2OS/c1-7-19-16(5,6)14-18-13(15(2,3)4)12(20-14)10-17-11-8-9-11/h11,17H,7-10H2,1-6H3. The van der Waals surface area contributed by atoms with Crippen molar-refractivity contribution in [1.82, 2.24) is 10.3 Å². The molecule has 0 aromatic carbocycles. The molecule has 1 aromatic rings. The smallest absolute Gasteiger partial charge is 0.125 e. The molecule has 3 nitrogen and oxygen atoms in total. The summed E-state index contributed by atoms with van der Waals surface area (Å²) in [6.45, 7) is 14.6. The summed E-state index contributed by atoms with van der Waals surface area (Å²) >= 11 is 1.80. The van der Waals surface area contributed by atoms with Gasteiger partial charge in [-0.25, -0.2) is 4.98 Å². The number of hydrogen-bond acceptors (Lipinski definition) is 4. The Labute approximate surface area is 127 Å². The predicted octanol–water partition coefficient (Wildman–Crippen LogP) is 3.96. The third kappa shape index (κ3) is 3.80. The van der Waals surface area contributed by atoms with Gasteiger partial charge in [0.2, 0.25) is 0 Å². The summed E-state index contributed by atoms with van der Waals surface area (Å²) in [5.74, 6) is 0. The first-order chi connectivity index (χ1) is 9.24. The van der Waals surface area contributed by atoms with Gasteiger partial charge in [0.25, 0.3) is 0 Å². The molecule has 0 radical (unpaired) electrons. The Morgan fingerprint density at radius 3 is 2.40 bits per heavy atom. The first-order valence-electron chi connectivity index (χ1n) is 7.62. The van der Waals surface area contributed by atoms with Crippen molar-refractivity contribution < 1.29 is 4.74 Å².